The number of alkyl halides is 3. The summed E-state index contributed by atoms with van der Waals surface area (Å²) in [5, 5.41) is 3.06. The Balaban J connectivity index is 3.01. The van der Waals surface area contributed by atoms with Gasteiger partial charge in [-0.05, 0) is 6.07 Å². The van der Waals surface area contributed by atoms with Crippen molar-refractivity contribution in [1.82, 2.24) is 9.78 Å². The molecule has 0 aliphatic rings. The van der Waals surface area contributed by atoms with E-state index in [1.54, 1.807) is 0 Å². The fraction of sp³-hybridized carbons (Fsp3) is 0.333. The zero-order chi connectivity index (χ0) is 10.1. The van der Waals surface area contributed by atoms with Gasteiger partial charge in [0, 0.05) is 6.07 Å². The molecule has 3 nitrogen and oxygen atoms in total. The van der Waals surface area contributed by atoms with Gasteiger partial charge in [-0.2, -0.15) is 18.3 Å². The maximum atomic E-state index is 11.8. The molecular weight excluding hydrogens is 209 g/mol. The van der Waals surface area contributed by atoms with Crippen LogP contribution in [0.4, 0.5) is 13.2 Å². The zero-order valence-electron chi connectivity index (χ0n) is 6.18. The van der Waals surface area contributed by atoms with E-state index in [0.717, 1.165) is 12.1 Å². The summed E-state index contributed by atoms with van der Waals surface area (Å²) >= 11 is 5.31. The Hall–Kier alpha value is -1.04. The van der Waals surface area contributed by atoms with E-state index in [9.17, 15) is 18.0 Å². The van der Waals surface area contributed by atoms with Crippen molar-refractivity contribution < 1.29 is 13.2 Å². The maximum Gasteiger partial charge on any atom is 0.408 e. The Morgan fingerprint density at radius 3 is 2.62 bits per heavy atom. The highest BCUT2D eigenvalue weighted by molar-refractivity contribution is 6.29. The largest absolute Gasteiger partial charge is 0.408 e. The molecule has 0 saturated carbocycles. The zero-order valence-corrected chi connectivity index (χ0v) is 6.93. The first-order valence-electron chi connectivity index (χ1n) is 3.19. The number of hydrogen-bond acceptors (Lipinski definition) is 2. The van der Waals surface area contributed by atoms with Crippen molar-refractivity contribution >= 4 is 11.6 Å². The first kappa shape index (κ1) is 10.0. The van der Waals surface area contributed by atoms with Crippen LogP contribution in [0.5, 0.6) is 0 Å². The van der Waals surface area contributed by atoms with E-state index < -0.39 is 18.3 Å². The number of rotatable bonds is 1. The minimum absolute atomic E-state index is 0.149. The Bertz CT molecular complexity index is 360. The van der Waals surface area contributed by atoms with Crippen LogP contribution in [0.1, 0.15) is 0 Å². The third kappa shape index (κ3) is 3.06. The van der Waals surface area contributed by atoms with E-state index in [0.29, 0.717) is 0 Å². The minimum Gasteiger partial charge on any atom is -0.268 e. The standard InChI is InChI=1S/C6H4ClF3N2O/c7-4-1-2-5(13)12(11-4)3-6(8,9)10/h1-2H,3H2. The van der Waals surface area contributed by atoms with Gasteiger partial charge in [0.1, 0.15) is 11.7 Å². The van der Waals surface area contributed by atoms with Crippen LogP contribution in [0.2, 0.25) is 5.15 Å². The van der Waals surface area contributed by atoms with Crippen LogP contribution in [0.3, 0.4) is 0 Å². The summed E-state index contributed by atoms with van der Waals surface area (Å²) in [6.45, 7) is -1.42. The molecule has 0 radical (unpaired) electrons. The third-order valence-electron chi connectivity index (χ3n) is 1.16. The second-order valence-corrected chi connectivity index (χ2v) is 2.65. The molecule has 0 atom stereocenters. The van der Waals surface area contributed by atoms with Crippen LogP contribution >= 0.6 is 11.6 Å². The van der Waals surface area contributed by atoms with Gasteiger partial charge in [-0.25, -0.2) is 4.68 Å². The Morgan fingerprint density at radius 1 is 1.46 bits per heavy atom. The van der Waals surface area contributed by atoms with Crippen molar-refractivity contribution in [2.45, 2.75) is 12.7 Å². The average Bonchev–Trinajstić information content (AvgIpc) is 1.94. The molecule has 1 aromatic heterocycles. The summed E-state index contributed by atoms with van der Waals surface area (Å²) in [5.41, 5.74) is -0.832. The van der Waals surface area contributed by atoms with E-state index in [-0.39, 0.29) is 9.83 Å². The Labute approximate surface area is 75.7 Å². The Morgan fingerprint density at radius 2 is 2.08 bits per heavy atom. The fourth-order valence-electron chi connectivity index (χ4n) is 0.707. The molecule has 0 aliphatic carbocycles. The van der Waals surface area contributed by atoms with Crippen molar-refractivity contribution in [1.29, 1.82) is 0 Å². The molecule has 0 aromatic carbocycles. The van der Waals surface area contributed by atoms with Gasteiger partial charge in [0.05, 0.1) is 0 Å². The van der Waals surface area contributed by atoms with Gasteiger partial charge in [0.15, 0.2) is 0 Å². The van der Waals surface area contributed by atoms with Gasteiger partial charge >= 0.3 is 6.18 Å². The van der Waals surface area contributed by atoms with Crippen molar-refractivity contribution in [3.63, 3.8) is 0 Å². The lowest BCUT2D eigenvalue weighted by atomic mass is 10.5. The highest BCUT2D eigenvalue weighted by Gasteiger charge is 2.29. The van der Waals surface area contributed by atoms with E-state index in [1.165, 1.54) is 0 Å². The van der Waals surface area contributed by atoms with Crippen molar-refractivity contribution in [2.24, 2.45) is 0 Å². The van der Waals surface area contributed by atoms with Crippen molar-refractivity contribution in [3.05, 3.63) is 27.6 Å². The molecule has 0 unspecified atom stereocenters. The molecule has 0 bridgehead atoms. The van der Waals surface area contributed by atoms with Crippen LogP contribution in [0, 0.1) is 0 Å². The lowest BCUT2D eigenvalue weighted by molar-refractivity contribution is -0.143. The predicted molar refractivity (Wildman–Crippen MR) is 39.6 cm³/mol. The summed E-state index contributed by atoms with van der Waals surface area (Å²) in [6, 6.07) is 2.07. The van der Waals surface area contributed by atoms with Gasteiger partial charge in [0.2, 0.25) is 0 Å². The van der Waals surface area contributed by atoms with Crippen LogP contribution in [-0.4, -0.2) is 16.0 Å². The molecule has 1 rings (SSSR count). The van der Waals surface area contributed by atoms with Gasteiger partial charge in [-0.1, -0.05) is 11.6 Å². The number of nitrogens with zero attached hydrogens (tertiary/aromatic N) is 2. The second-order valence-electron chi connectivity index (χ2n) is 2.27. The lowest BCUT2D eigenvalue weighted by Gasteiger charge is -2.07. The molecule has 0 saturated heterocycles. The molecule has 13 heavy (non-hydrogen) atoms. The highest BCUT2D eigenvalue weighted by atomic mass is 35.5. The van der Waals surface area contributed by atoms with Crippen molar-refractivity contribution in [2.75, 3.05) is 0 Å². The summed E-state index contributed by atoms with van der Waals surface area (Å²) in [4.78, 5) is 10.8. The maximum absolute atomic E-state index is 11.8. The summed E-state index contributed by atoms with van der Waals surface area (Å²) < 4.78 is 35.7. The van der Waals surface area contributed by atoms with Crippen LogP contribution in [-0.2, 0) is 6.54 Å². The second kappa shape index (κ2) is 3.37. The molecule has 0 spiro atoms. The number of aromatic nitrogens is 2. The highest BCUT2D eigenvalue weighted by Crippen LogP contribution is 2.15. The average molecular weight is 213 g/mol. The third-order valence-corrected chi connectivity index (χ3v) is 1.36. The molecule has 1 heterocycles. The van der Waals surface area contributed by atoms with E-state index in [4.69, 9.17) is 11.6 Å². The normalized spacial score (nSPS) is 11.7. The molecular formula is C6H4ClF3N2O. The van der Waals surface area contributed by atoms with E-state index >= 15 is 0 Å². The van der Waals surface area contributed by atoms with Gasteiger partial charge in [0.25, 0.3) is 5.56 Å². The molecule has 7 heteroatoms. The van der Waals surface area contributed by atoms with Gasteiger partial charge < -0.3 is 0 Å². The van der Waals surface area contributed by atoms with E-state index in [1.807, 2.05) is 0 Å². The topological polar surface area (TPSA) is 34.9 Å². The first-order chi connectivity index (χ1) is 5.88. The van der Waals surface area contributed by atoms with Gasteiger partial charge in [-0.3, -0.25) is 4.79 Å². The van der Waals surface area contributed by atoms with Crippen molar-refractivity contribution in [3.8, 4) is 0 Å². The minimum atomic E-state index is -4.47. The molecule has 0 aliphatic heterocycles. The summed E-state index contributed by atoms with van der Waals surface area (Å²) in [7, 11) is 0. The number of hydrogen-bond donors (Lipinski definition) is 0. The molecule has 0 N–H and O–H groups in total. The molecule has 1 aromatic rings. The van der Waals surface area contributed by atoms with Crippen LogP contribution < -0.4 is 5.56 Å². The monoisotopic (exact) mass is 212 g/mol. The summed E-state index contributed by atoms with van der Waals surface area (Å²) in [5.74, 6) is 0. The van der Waals surface area contributed by atoms with Gasteiger partial charge in [-0.15, -0.1) is 0 Å². The van der Waals surface area contributed by atoms with E-state index in [2.05, 4.69) is 5.10 Å². The Kier molecular flexibility index (Phi) is 2.60. The van der Waals surface area contributed by atoms with Crippen LogP contribution in [0.15, 0.2) is 16.9 Å². The first-order valence-corrected chi connectivity index (χ1v) is 3.57. The predicted octanol–water partition coefficient (Wildman–Crippen LogP) is 1.46. The number of halogens is 4. The molecule has 0 amide bonds. The summed E-state index contributed by atoms with van der Waals surface area (Å²) in [6.07, 6.45) is -4.47. The SMILES string of the molecule is O=c1ccc(Cl)nn1CC(F)(F)F. The molecule has 0 fully saturated rings. The fourth-order valence-corrected chi connectivity index (χ4v) is 0.861. The molecule has 72 valence electrons. The quantitative estimate of drug-likeness (QED) is 0.706. The lowest BCUT2D eigenvalue weighted by Crippen LogP contribution is -2.29. The van der Waals surface area contributed by atoms with Crippen LogP contribution in [0.25, 0.3) is 0 Å². The smallest absolute Gasteiger partial charge is 0.268 e.